The summed E-state index contributed by atoms with van der Waals surface area (Å²) < 4.78 is 8.38. The van der Waals surface area contributed by atoms with Crippen molar-refractivity contribution >= 4 is 23.7 Å². The first-order chi connectivity index (χ1) is 13.5. The maximum atomic E-state index is 11.1. The molecule has 0 spiro atoms. The number of allylic oxidation sites excluding steroid dienone is 1. The zero-order valence-electron chi connectivity index (χ0n) is 16.7. The summed E-state index contributed by atoms with van der Waals surface area (Å²) >= 11 is 0. The first kappa shape index (κ1) is 19.9. The van der Waals surface area contributed by atoms with Crippen molar-refractivity contribution in [2.24, 2.45) is 4.99 Å². The van der Waals surface area contributed by atoms with Crippen LogP contribution in [0.5, 0.6) is 5.75 Å². The number of ether oxygens (including phenoxy) is 1. The van der Waals surface area contributed by atoms with E-state index in [-0.39, 0.29) is 12.0 Å². The number of hydrogen-bond donors (Lipinski definition) is 1. The number of carbonyl (C=O) groups is 1. The summed E-state index contributed by atoms with van der Waals surface area (Å²) in [6.07, 6.45) is 8.69. The Balaban J connectivity index is 1.50. The first-order valence-corrected chi connectivity index (χ1v) is 9.76. The Bertz CT molecular complexity index is 804. The number of rotatable bonds is 6. The number of amidine groups is 1. The second kappa shape index (κ2) is 9.35. The van der Waals surface area contributed by atoms with Crippen LogP contribution in [0.2, 0.25) is 0 Å². The average Bonchev–Trinajstić information content (AvgIpc) is 3.06. The van der Waals surface area contributed by atoms with Crippen LogP contribution in [0.25, 0.3) is 5.70 Å². The molecule has 2 aliphatic heterocycles. The number of carbonyl (C=O) groups excluding carboxylic acids is 1. The van der Waals surface area contributed by atoms with Gasteiger partial charge in [0.25, 0.3) is 0 Å². The molecule has 1 N–H and O–H groups in total. The smallest absolute Gasteiger partial charge is 0.221 e. The third kappa shape index (κ3) is 5.31. The third-order valence-electron chi connectivity index (χ3n) is 4.96. The summed E-state index contributed by atoms with van der Waals surface area (Å²) in [5.41, 5.74) is 1.48. The number of amides is 1. The molecular weight excluding hydrogens is 352 g/mol. The molecule has 0 radical (unpaired) electrons. The minimum absolute atomic E-state index is 0.121. The minimum atomic E-state index is -0.121. The maximum absolute atomic E-state index is 11.1. The Kier molecular flexibility index (Phi) is 6.63. The fourth-order valence-corrected chi connectivity index (χ4v) is 3.31. The van der Waals surface area contributed by atoms with Crippen molar-refractivity contribution < 1.29 is 14.1 Å². The summed E-state index contributed by atoms with van der Waals surface area (Å²) in [6.45, 7) is 9.41. The summed E-state index contributed by atoms with van der Waals surface area (Å²) in [6, 6.07) is 7.67. The van der Waals surface area contributed by atoms with Gasteiger partial charge in [0.2, 0.25) is 5.91 Å². The highest BCUT2D eigenvalue weighted by molar-refractivity contribution is 5.96. The first-order valence-electron chi connectivity index (χ1n) is 9.76. The highest BCUT2D eigenvalue weighted by atomic mass is 16.5. The molecule has 1 aromatic carbocycles. The van der Waals surface area contributed by atoms with Crippen molar-refractivity contribution in [3.8, 4) is 5.75 Å². The molecule has 0 aliphatic carbocycles. The third-order valence-corrected chi connectivity index (χ3v) is 4.96. The van der Waals surface area contributed by atoms with Gasteiger partial charge < -0.3 is 15.0 Å². The van der Waals surface area contributed by atoms with Crippen molar-refractivity contribution in [3.05, 3.63) is 48.6 Å². The van der Waals surface area contributed by atoms with Crippen LogP contribution >= 0.6 is 0 Å². The van der Waals surface area contributed by atoms with Crippen LogP contribution in [0.15, 0.2) is 48.0 Å². The lowest BCUT2D eigenvalue weighted by atomic mass is 10.1. The number of aliphatic imine (C=N–C) groups is 1. The molecule has 1 aromatic rings. The summed E-state index contributed by atoms with van der Waals surface area (Å²) in [5, 5.41) is 2.70. The predicted octanol–water partition coefficient (Wildman–Crippen LogP) is 2.32. The molecule has 148 valence electrons. The molecule has 0 saturated carbocycles. The predicted molar refractivity (Wildman–Crippen MR) is 113 cm³/mol. The molecule has 0 bridgehead atoms. The topological polar surface area (TPSA) is 56.9 Å². The van der Waals surface area contributed by atoms with Gasteiger partial charge in [-0.25, -0.2) is 4.58 Å². The van der Waals surface area contributed by atoms with Gasteiger partial charge in [0.15, 0.2) is 18.9 Å². The number of benzene rings is 1. The van der Waals surface area contributed by atoms with Crippen molar-refractivity contribution in [3.63, 3.8) is 0 Å². The second-order valence-corrected chi connectivity index (χ2v) is 7.14. The van der Waals surface area contributed by atoms with E-state index in [2.05, 4.69) is 44.7 Å². The van der Waals surface area contributed by atoms with Gasteiger partial charge in [-0.05, 0) is 42.3 Å². The molecule has 1 amide bonds. The highest BCUT2D eigenvalue weighted by Crippen LogP contribution is 2.19. The molecule has 1 atom stereocenters. The zero-order valence-corrected chi connectivity index (χ0v) is 16.7. The maximum Gasteiger partial charge on any atom is 0.221 e. The van der Waals surface area contributed by atoms with Gasteiger partial charge in [0.1, 0.15) is 18.1 Å². The lowest BCUT2D eigenvalue weighted by Gasteiger charge is -2.32. The lowest BCUT2D eigenvalue weighted by molar-refractivity contribution is -0.503. The Morgan fingerprint density at radius 2 is 2.11 bits per heavy atom. The van der Waals surface area contributed by atoms with Gasteiger partial charge in [0.05, 0.1) is 0 Å². The quantitative estimate of drug-likeness (QED) is 0.467. The Morgan fingerprint density at radius 3 is 2.71 bits per heavy atom. The van der Waals surface area contributed by atoms with Gasteiger partial charge in [-0.2, -0.15) is 0 Å². The molecule has 6 heteroatoms. The van der Waals surface area contributed by atoms with E-state index in [1.165, 1.54) is 13.3 Å². The molecule has 2 fully saturated rings. The SMILES string of the molecule is C=C(NC(C)=O)c1ccc(OC2CC[N+](=CC=CC(=NC)N3CCC3)C2)cc1. The number of likely N-dealkylation sites (tertiary alicyclic amines) is 1. The van der Waals surface area contributed by atoms with E-state index in [0.29, 0.717) is 5.70 Å². The fourth-order valence-electron chi connectivity index (χ4n) is 3.31. The van der Waals surface area contributed by atoms with Crippen LogP contribution < -0.4 is 10.1 Å². The van der Waals surface area contributed by atoms with E-state index in [1.54, 1.807) is 0 Å². The minimum Gasteiger partial charge on any atom is -0.484 e. The largest absolute Gasteiger partial charge is 0.484 e. The van der Waals surface area contributed by atoms with Crippen LogP contribution in [-0.4, -0.2) is 66.8 Å². The van der Waals surface area contributed by atoms with Crippen LogP contribution in [-0.2, 0) is 4.79 Å². The molecule has 2 heterocycles. The van der Waals surface area contributed by atoms with Gasteiger partial charge in [-0.15, -0.1) is 0 Å². The molecule has 6 nitrogen and oxygen atoms in total. The second-order valence-electron chi connectivity index (χ2n) is 7.14. The summed E-state index contributed by atoms with van der Waals surface area (Å²) in [5.74, 6) is 1.76. The molecular formula is C22H29N4O2+. The van der Waals surface area contributed by atoms with Gasteiger partial charge >= 0.3 is 0 Å². The molecule has 2 saturated heterocycles. The van der Waals surface area contributed by atoms with Crippen molar-refractivity contribution in [1.82, 2.24) is 10.2 Å². The van der Waals surface area contributed by atoms with Gasteiger partial charge in [0, 0.05) is 45.3 Å². The Morgan fingerprint density at radius 1 is 1.36 bits per heavy atom. The van der Waals surface area contributed by atoms with Crippen LogP contribution in [0.4, 0.5) is 0 Å². The number of nitrogens with one attached hydrogen (secondary N) is 1. The van der Waals surface area contributed by atoms with E-state index >= 15 is 0 Å². The van der Waals surface area contributed by atoms with E-state index < -0.39 is 0 Å². The van der Waals surface area contributed by atoms with E-state index in [4.69, 9.17) is 4.74 Å². The number of nitrogens with zero attached hydrogens (tertiary/aromatic N) is 3. The van der Waals surface area contributed by atoms with E-state index in [1.807, 2.05) is 31.3 Å². The monoisotopic (exact) mass is 381 g/mol. The van der Waals surface area contributed by atoms with Gasteiger partial charge in [-0.3, -0.25) is 9.79 Å². The zero-order chi connectivity index (χ0) is 19.9. The molecule has 3 rings (SSSR count). The lowest BCUT2D eigenvalue weighted by Crippen LogP contribution is -2.41. The molecule has 28 heavy (non-hydrogen) atoms. The van der Waals surface area contributed by atoms with Crippen molar-refractivity contribution in [2.45, 2.75) is 25.9 Å². The van der Waals surface area contributed by atoms with Crippen molar-refractivity contribution in [1.29, 1.82) is 0 Å². The summed E-state index contributed by atoms with van der Waals surface area (Å²) in [7, 11) is 1.84. The normalized spacial score (nSPS) is 21.1. The average molecular weight is 382 g/mol. The van der Waals surface area contributed by atoms with Crippen LogP contribution in [0, 0.1) is 0 Å². The van der Waals surface area contributed by atoms with E-state index in [9.17, 15) is 4.79 Å². The molecule has 2 aliphatic rings. The van der Waals surface area contributed by atoms with Crippen molar-refractivity contribution in [2.75, 3.05) is 33.2 Å². The highest BCUT2D eigenvalue weighted by Gasteiger charge is 2.26. The van der Waals surface area contributed by atoms with E-state index in [0.717, 1.165) is 49.7 Å². The fraction of sp³-hybridized carbons (Fsp3) is 0.409. The summed E-state index contributed by atoms with van der Waals surface area (Å²) in [4.78, 5) is 17.7. The van der Waals surface area contributed by atoms with Gasteiger partial charge in [-0.1, -0.05) is 6.58 Å². The Hall–Kier alpha value is -2.89. The van der Waals surface area contributed by atoms with Crippen LogP contribution in [0.3, 0.4) is 0 Å². The standard InChI is InChI=1S/C22H28N4O2/c1-17(24-18(2)27)19-7-9-20(10-8-19)28-21-11-15-25(16-21)12-4-6-22(23-3)26-13-5-14-26/h4,6-10,12,21H,1,5,11,13-16H2,2-3H3/p+1. The molecule has 0 aromatic heterocycles. The Labute approximate surface area is 166 Å². The number of hydrogen-bond acceptors (Lipinski definition) is 3. The van der Waals surface area contributed by atoms with Crippen LogP contribution in [0.1, 0.15) is 25.3 Å². The molecule has 1 unspecified atom stereocenters.